The fourth-order valence-electron chi connectivity index (χ4n) is 3.40. The van der Waals surface area contributed by atoms with Crippen LogP contribution in [0.3, 0.4) is 0 Å². The van der Waals surface area contributed by atoms with Gasteiger partial charge in [-0.2, -0.15) is 0 Å². The van der Waals surface area contributed by atoms with Crippen molar-refractivity contribution in [2.75, 3.05) is 21.3 Å². The number of hydrogen-bond acceptors (Lipinski definition) is 4. The Labute approximate surface area is 152 Å². The van der Waals surface area contributed by atoms with Gasteiger partial charge in [-0.05, 0) is 53.8 Å². The van der Waals surface area contributed by atoms with Gasteiger partial charge in [-0.25, -0.2) is 4.39 Å². The summed E-state index contributed by atoms with van der Waals surface area (Å²) in [5.41, 5.74) is 2.71. The van der Waals surface area contributed by atoms with Crippen molar-refractivity contribution in [3.8, 4) is 17.2 Å². The summed E-state index contributed by atoms with van der Waals surface area (Å²) in [6.45, 7) is 0. The highest BCUT2D eigenvalue weighted by Gasteiger charge is 2.24. The van der Waals surface area contributed by atoms with Crippen LogP contribution in [-0.2, 0) is 17.6 Å². The van der Waals surface area contributed by atoms with Crippen molar-refractivity contribution in [1.82, 2.24) is 5.32 Å². The zero-order chi connectivity index (χ0) is 18.7. The van der Waals surface area contributed by atoms with Gasteiger partial charge in [0.2, 0.25) is 11.7 Å². The molecule has 1 amide bonds. The summed E-state index contributed by atoms with van der Waals surface area (Å²) in [4.78, 5) is 12.5. The molecular formula is C20H22FNO4. The topological polar surface area (TPSA) is 56.8 Å². The molecule has 0 aliphatic heterocycles. The third-order valence-electron chi connectivity index (χ3n) is 4.61. The van der Waals surface area contributed by atoms with E-state index in [-0.39, 0.29) is 24.2 Å². The molecule has 1 N–H and O–H groups in total. The summed E-state index contributed by atoms with van der Waals surface area (Å²) in [5, 5.41) is 3.03. The number of aryl methyl sites for hydroxylation is 1. The predicted molar refractivity (Wildman–Crippen MR) is 95.4 cm³/mol. The second-order valence-corrected chi connectivity index (χ2v) is 6.21. The molecule has 3 rings (SSSR count). The Morgan fingerprint density at radius 2 is 1.81 bits per heavy atom. The molecule has 2 aromatic carbocycles. The van der Waals surface area contributed by atoms with Gasteiger partial charge in [-0.1, -0.05) is 6.07 Å². The van der Waals surface area contributed by atoms with Crippen molar-refractivity contribution in [3.63, 3.8) is 0 Å². The van der Waals surface area contributed by atoms with E-state index in [9.17, 15) is 9.18 Å². The molecular weight excluding hydrogens is 337 g/mol. The van der Waals surface area contributed by atoms with Gasteiger partial charge in [-0.3, -0.25) is 4.79 Å². The Bertz CT molecular complexity index is 796. The lowest BCUT2D eigenvalue weighted by Crippen LogP contribution is -2.28. The van der Waals surface area contributed by atoms with Crippen LogP contribution in [0.2, 0.25) is 0 Å². The number of methoxy groups -OCH3 is 3. The van der Waals surface area contributed by atoms with Gasteiger partial charge in [0.25, 0.3) is 0 Å². The van der Waals surface area contributed by atoms with Gasteiger partial charge in [0.15, 0.2) is 11.5 Å². The van der Waals surface area contributed by atoms with Crippen LogP contribution in [0.25, 0.3) is 0 Å². The van der Waals surface area contributed by atoms with Crippen molar-refractivity contribution in [2.45, 2.75) is 25.3 Å². The quantitative estimate of drug-likeness (QED) is 0.861. The lowest BCUT2D eigenvalue weighted by Gasteiger charge is -2.16. The molecule has 1 unspecified atom stereocenters. The lowest BCUT2D eigenvalue weighted by atomic mass is 10.1. The first-order valence-electron chi connectivity index (χ1n) is 8.42. The monoisotopic (exact) mass is 359 g/mol. The van der Waals surface area contributed by atoms with Crippen molar-refractivity contribution < 1.29 is 23.4 Å². The van der Waals surface area contributed by atoms with Gasteiger partial charge in [0, 0.05) is 0 Å². The minimum atomic E-state index is -0.242. The van der Waals surface area contributed by atoms with E-state index in [1.54, 1.807) is 24.3 Å². The lowest BCUT2D eigenvalue weighted by molar-refractivity contribution is -0.121. The average Bonchev–Trinajstić information content (AvgIpc) is 3.02. The highest BCUT2D eigenvalue weighted by molar-refractivity contribution is 5.79. The predicted octanol–water partition coefficient (Wildman–Crippen LogP) is 3.20. The number of carbonyl (C=O) groups is 1. The van der Waals surface area contributed by atoms with E-state index >= 15 is 0 Å². The molecule has 138 valence electrons. The Morgan fingerprint density at radius 3 is 2.42 bits per heavy atom. The second-order valence-electron chi connectivity index (χ2n) is 6.21. The van der Waals surface area contributed by atoms with E-state index in [4.69, 9.17) is 14.2 Å². The molecule has 0 radical (unpaired) electrons. The third-order valence-corrected chi connectivity index (χ3v) is 4.61. The van der Waals surface area contributed by atoms with Crippen molar-refractivity contribution in [3.05, 3.63) is 52.8 Å². The van der Waals surface area contributed by atoms with Crippen LogP contribution >= 0.6 is 0 Å². The van der Waals surface area contributed by atoms with Crippen LogP contribution in [0, 0.1) is 5.82 Å². The van der Waals surface area contributed by atoms with Gasteiger partial charge in [0.05, 0.1) is 33.8 Å². The van der Waals surface area contributed by atoms with E-state index in [1.807, 2.05) is 0 Å². The van der Waals surface area contributed by atoms with Crippen LogP contribution in [0.4, 0.5) is 4.39 Å². The molecule has 0 aromatic heterocycles. The van der Waals surface area contributed by atoms with E-state index in [0.717, 1.165) is 29.5 Å². The molecule has 0 saturated carbocycles. The van der Waals surface area contributed by atoms with Gasteiger partial charge in [0.1, 0.15) is 5.82 Å². The maximum atomic E-state index is 13.3. The molecule has 0 saturated heterocycles. The van der Waals surface area contributed by atoms with Crippen molar-refractivity contribution in [2.24, 2.45) is 0 Å². The summed E-state index contributed by atoms with van der Waals surface area (Å²) >= 11 is 0. The number of benzene rings is 2. The van der Waals surface area contributed by atoms with Crippen LogP contribution in [-0.4, -0.2) is 27.2 Å². The largest absolute Gasteiger partial charge is 0.493 e. The molecule has 1 aliphatic rings. The normalized spacial score (nSPS) is 15.3. The standard InChI is InChI=1S/C20H22FNO4/c1-24-17-8-12(9-18(25-2)20(17)26-3)10-19(23)22-16-7-4-13-11-14(21)5-6-15(13)16/h5-6,8-9,11,16H,4,7,10H2,1-3H3,(H,22,23). The molecule has 2 aromatic rings. The summed E-state index contributed by atoms with van der Waals surface area (Å²) in [7, 11) is 4.61. The van der Waals surface area contributed by atoms with E-state index < -0.39 is 0 Å². The smallest absolute Gasteiger partial charge is 0.224 e. The minimum absolute atomic E-state index is 0.0832. The molecule has 0 fully saturated rings. The molecule has 0 heterocycles. The Morgan fingerprint density at radius 1 is 1.12 bits per heavy atom. The maximum Gasteiger partial charge on any atom is 0.224 e. The molecule has 0 spiro atoms. The summed E-state index contributed by atoms with van der Waals surface area (Å²) in [5.74, 6) is 1.16. The molecule has 0 bridgehead atoms. The first-order chi connectivity index (χ1) is 12.5. The fraction of sp³-hybridized carbons (Fsp3) is 0.350. The average molecular weight is 359 g/mol. The van der Waals surface area contributed by atoms with Gasteiger partial charge in [-0.15, -0.1) is 0 Å². The van der Waals surface area contributed by atoms with Crippen LogP contribution in [0.15, 0.2) is 30.3 Å². The highest BCUT2D eigenvalue weighted by atomic mass is 19.1. The van der Waals surface area contributed by atoms with Crippen LogP contribution in [0.1, 0.15) is 29.2 Å². The Kier molecular flexibility index (Phi) is 5.30. The van der Waals surface area contributed by atoms with Crippen LogP contribution < -0.4 is 19.5 Å². The summed E-state index contributed by atoms with van der Waals surface area (Å²) < 4.78 is 29.3. The molecule has 1 aliphatic carbocycles. The highest BCUT2D eigenvalue weighted by Crippen LogP contribution is 2.38. The Balaban J connectivity index is 1.73. The van der Waals surface area contributed by atoms with Crippen LogP contribution in [0.5, 0.6) is 17.2 Å². The first-order valence-corrected chi connectivity index (χ1v) is 8.42. The molecule has 1 atom stereocenters. The molecule has 5 nitrogen and oxygen atoms in total. The van der Waals surface area contributed by atoms with Gasteiger partial charge < -0.3 is 19.5 Å². The number of ether oxygens (including phenoxy) is 3. The fourth-order valence-corrected chi connectivity index (χ4v) is 3.40. The number of nitrogens with one attached hydrogen (secondary N) is 1. The second kappa shape index (κ2) is 7.64. The number of halogens is 1. The van der Waals surface area contributed by atoms with Crippen molar-refractivity contribution >= 4 is 5.91 Å². The maximum absolute atomic E-state index is 13.3. The SMILES string of the molecule is COc1cc(CC(=O)NC2CCc3cc(F)ccc32)cc(OC)c1OC. The van der Waals surface area contributed by atoms with E-state index in [1.165, 1.54) is 27.4 Å². The number of rotatable bonds is 6. The zero-order valence-electron chi connectivity index (χ0n) is 15.1. The van der Waals surface area contributed by atoms with E-state index in [2.05, 4.69) is 5.32 Å². The number of carbonyl (C=O) groups excluding carboxylic acids is 1. The van der Waals surface area contributed by atoms with E-state index in [0.29, 0.717) is 17.2 Å². The Hall–Kier alpha value is -2.76. The number of hydrogen-bond donors (Lipinski definition) is 1. The van der Waals surface area contributed by atoms with Crippen molar-refractivity contribution in [1.29, 1.82) is 0 Å². The minimum Gasteiger partial charge on any atom is -0.493 e. The van der Waals surface area contributed by atoms with Gasteiger partial charge >= 0.3 is 0 Å². The zero-order valence-corrected chi connectivity index (χ0v) is 15.1. The first kappa shape index (κ1) is 18.0. The number of fused-ring (bicyclic) bond motifs is 1. The molecule has 6 heteroatoms. The number of amides is 1. The third kappa shape index (κ3) is 3.59. The molecule has 26 heavy (non-hydrogen) atoms. The summed E-state index contributed by atoms with van der Waals surface area (Å²) in [6, 6.07) is 8.17. The summed E-state index contributed by atoms with van der Waals surface area (Å²) in [6.07, 6.45) is 1.73.